The predicted molar refractivity (Wildman–Crippen MR) is 36.1 cm³/mol. The van der Waals surface area contributed by atoms with Gasteiger partial charge >= 0.3 is 0 Å². The lowest BCUT2D eigenvalue weighted by Gasteiger charge is -1.97. The fourth-order valence-corrected chi connectivity index (χ4v) is 0.539. The molecule has 0 aliphatic rings. The quantitative estimate of drug-likeness (QED) is 0.510. The third kappa shape index (κ3) is 5.92. The minimum atomic E-state index is 0.993. The highest BCUT2D eigenvalue weighted by atomic mass is 14.9. The molecule has 0 aliphatic carbocycles. The van der Waals surface area contributed by atoms with Crippen molar-refractivity contribution < 1.29 is 0 Å². The van der Waals surface area contributed by atoms with Gasteiger partial charge in [-0.15, -0.1) is 0 Å². The Labute approximate surface area is 51.7 Å². The molecule has 0 rings (SSSR count). The van der Waals surface area contributed by atoms with E-state index in [1.54, 1.807) is 0 Å². The van der Waals surface area contributed by atoms with Gasteiger partial charge in [-0.3, -0.25) is 0 Å². The van der Waals surface area contributed by atoms with Crippen molar-refractivity contribution in [3.05, 3.63) is 0 Å². The Hall–Kier alpha value is -0.0800. The smallest absolute Gasteiger partial charge is 0.0142 e. The van der Waals surface area contributed by atoms with Crippen molar-refractivity contribution in [3.63, 3.8) is 0 Å². The molecule has 2 heteroatoms. The number of hydrogen-bond donors (Lipinski definition) is 1. The third-order valence-electron chi connectivity index (χ3n) is 0.985. The van der Waals surface area contributed by atoms with Crippen LogP contribution in [0.2, 0.25) is 0 Å². The fraction of sp³-hybridized carbons (Fsp3) is 1.00. The van der Waals surface area contributed by atoms with E-state index in [1.807, 2.05) is 7.05 Å². The number of nitrogens with one attached hydrogen (secondary N) is 1. The summed E-state index contributed by atoms with van der Waals surface area (Å²) in [6, 6.07) is 0. The zero-order chi connectivity index (χ0) is 6.24. The maximum atomic E-state index is 3.97. The second-order valence-electron chi connectivity index (χ2n) is 1.75. The largest absolute Gasteiger partial charge is 0.317 e. The average molecular weight is 115 g/mol. The highest BCUT2D eigenvalue weighted by Crippen LogP contribution is 1.70. The van der Waals surface area contributed by atoms with Crippen LogP contribution in [0, 0.1) is 0 Å². The number of nitrogens with zero attached hydrogens (tertiary/aromatic N) is 1. The first-order chi connectivity index (χ1) is 3.91. The first kappa shape index (κ1) is 7.92. The molecule has 0 spiro atoms. The Kier molecular flexibility index (Phi) is 6.85. The fourth-order valence-electron chi connectivity index (χ4n) is 0.539. The van der Waals surface area contributed by atoms with Gasteiger partial charge in [-0.2, -0.15) is 0 Å². The van der Waals surface area contributed by atoms with Crippen LogP contribution in [0.1, 0.15) is 13.3 Å². The van der Waals surface area contributed by atoms with Crippen LogP contribution >= 0.6 is 0 Å². The van der Waals surface area contributed by atoms with E-state index in [0.29, 0.717) is 0 Å². The van der Waals surface area contributed by atoms with Gasteiger partial charge in [0.1, 0.15) is 0 Å². The van der Waals surface area contributed by atoms with Gasteiger partial charge in [0.2, 0.25) is 0 Å². The van der Waals surface area contributed by atoms with Crippen LogP contribution in [0.5, 0.6) is 0 Å². The molecule has 0 aromatic carbocycles. The first-order valence-electron chi connectivity index (χ1n) is 3.18. The minimum Gasteiger partial charge on any atom is -0.317 e. The summed E-state index contributed by atoms with van der Waals surface area (Å²) >= 11 is 0. The summed E-state index contributed by atoms with van der Waals surface area (Å²) in [6.07, 6.45) is 1.17. The van der Waals surface area contributed by atoms with E-state index < -0.39 is 0 Å². The molecule has 0 heterocycles. The van der Waals surface area contributed by atoms with Gasteiger partial charge < -0.3 is 5.32 Å². The molecule has 0 bridgehead atoms. The molecule has 0 atom stereocenters. The molecule has 0 amide bonds. The lowest BCUT2D eigenvalue weighted by atomic mass is 10.4. The summed E-state index contributed by atoms with van der Waals surface area (Å²) < 4.78 is 0. The molecular weight excluding hydrogens is 100 g/mol. The lowest BCUT2D eigenvalue weighted by molar-refractivity contribution is 0.637. The summed E-state index contributed by atoms with van der Waals surface area (Å²) in [4.78, 5) is 0. The van der Waals surface area contributed by atoms with E-state index in [4.69, 9.17) is 0 Å². The van der Waals surface area contributed by atoms with E-state index in [1.165, 1.54) is 6.42 Å². The van der Waals surface area contributed by atoms with Crippen LogP contribution in [0.15, 0.2) is 0 Å². The highest BCUT2D eigenvalue weighted by molar-refractivity contribution is 4.44. The molecule has 1 N–H and O–H groups in total. The van der Waals surface area contributed by atoms with E-state index in [9.17, 15) is 0 Å². The van der Waals surface area contributed by atoms with Gasteiger partial charge in [0.15, 0.2) is 0 Å². The highest BCUT2D eigenvalue weighted by Gasteiger charge is 1.81. The summed E-state index contributed by atoms with van der Waals surface area (Å²) in [5.74, 6) is 0. The standard InChI is InChI=1S/C6H15N2/c1-3-8-6-4-5-7-2/h8H,3-6H2,1-2H3. The predicted octanol–water partition coefficient (Wildman–Crippen LogP) is 0.220. The maximum absolute atomic E-state index is 3.97. The summed E-state index contributed by atoms with van der Waals surface area (Å²) in [7, 11) is 1.85. The molecule has 0 aromatic heterocycles. The Bertz CT molecular complexity index is 31.5. The normalized spacial score (nSPS) is 9.75. The lowest BCUT2D eigenvalue weighted by Crippen LogP contribution is -2.16. The van der Waals surface area contributed by atoms with E-state index in [0.717, 1.165) is 19.6 Å². The van der Waals surface area contributed by atoms with Crippen molar-refractivity contribution in [3.8, 4) is 0 Å². The van der Waals surface area contributed by atoms with Crippen LogP contribution in [0.25, 0.3) is 0 Å². The Morgan fingerprint density at radius 3 is 2.75 bits per heavy atom. The zero-order valence-corrected chi connectivity index (χ0v) is 5.78. The van der Waals surface area contributed by atoms with Crippen molar-refractivity contribution in [1.29, 1.82) is 0 Å². The number of hydrogen-bond acceptors (Lipinski definition) is 1. The molecule has 0 unspecified atom stereocenters. The topological polar surface area (TPSA) is 26.1 Å². The van der Waals surface area contributed by atoms with Crippen LogP contribution < -0.4 is 10.6 Å². The van der Waals surface area contributed by atoms with Crippen molar-refractivity contribution in [1.82, 2.24) is 10.6 Å². The number of rotatable bonds is 5. The molecule has 2 nitrogen and oxygen atoms in total. The van der Waals surface area contributed by atoms with Crippen LogP contribution in [-0.4, -0.2) is 26.7 Å². The summed E-state index contributed by atoms with van der Waals surface area (Å²) in [6.45, 7) is 5.29. The Morgan fingerprint density at radius 1 is 1.50 bits per heavy atom. The second-order valence-corrected chi connectivity index (χ2v) is 1.75. The average Bonchev–Trinajstić information content (AvgIpc) is 1.81. The van der Waals surface area contributed by atoms with E-state index in [2.05, 4.69) is 17.6 Å². The SMILES string of the molecule is CCNCCC[N]C. The van der Waals surface area contributed by atoms with Crippen LogP contribution in [0.4, 0.5) is 0 Å². The van der Waals surface area contributed by atoms with Crippen molar-refractivity contribution in [2.45, 2.75) is 13.3 Å². The van der Waals surface area contributed by atoms with Crippen LogP contribution in [0.3, 0.4) is 0 Å². The summed E-state index contributed by atoms with van der Waals surface area (Å²) in [5.41, 5.74) is 0. The van der Waals surface area contributed by atoms with Crippen LogP contribution in [-0.2, 0) is 0 Å². The Balaban J connectivity index is 2.53. The molecule has 8 heavy (non-hydrogen) atoms. The monoisotopic (exact) mass is 115 g/mol. The van der Waals surface area contributed by atoms with E-state index in [-0.39, 0.29) is 0 Å². The minimum absolute atomic E-state index is 0.993. The summed E-state index contributed by atoms with van der Waals surface area (Å²) in [5, 5.41) is 7.19. The molecule has 0 saturated heterocycles. The van der Waals surface area contributed by atoms with Gasteiger partial charge in [-0.05, 0) is 19.5 Å². The maximum Gasteiger partial charge on any atom is 0.0142 e. The molecular formula is C6H15N2. The second kappa shape index (κ2) is 6.92. The van der Waals surface area contributed by atoms with Gasteiger partial charge in [-0.1, -0.05) is 6.92 Å². The molecule has 1 radical (unpaired) electrons. The molecule has 0 saturated carbocycles. The van der Waals surface area contributed by atoms with Crippen molar-refractivity contribution in [2.75, 3.05) is 26.7 Å². The Morgan fingerprint density at radius 2 is 2.25 bits per heavy atom. The third-order valence-corrected chi connectivity index (χ3v) is 0.985. The van der Waals surface area contributed by atoms with E-state index >= 15 is 0 Å². The molecule has 0 aromatic rings. The zero-order valence-electron chi connectivity index (χ0n) is 5.78. The molecule has 49 valence electrons. The molecule has 0 aliphatic heterocycles. The van der Waals surface area contributed by atoms with Gasteiger partial charge in [0, 0.05) is 13.6 Å². The van der Waals surface area contributed by atoms with Gasteiger partial charge in [-0.25, -0.2) is 5.32 Å². The van der Waals surface area contributed by atoms with Crippen molar-refractivity contribution in [2.24, 2.45) is 0 Å². The first-order valence-corrected chi connectivity index (χ1v) is 3.18. The molecule has 0 fully saturated rings. The van der Waals surface area contributed by atoms with Crippen molar-refractivity contribution >= 4 is 0 Å². The van der Waals surface area contributed by atoms with Gasteiger partial charge in [0.05, 0.1) is 0 Å². The van der Waals surface area contributed by atoms with Gasteiger partial charge in [0.25, 0.3) is 0 Å².